The Morgan fingerprint density at radius 3 is 2.40 bits per heavy atom. The average Bonchev–Trinajstić information content (AvgIpc) is 3.11. The molecule has 162 valence electrons. The van der Waals surface area contributed by atoms with E-state index in [1.165, 1.54) is 32.0 Å². The fraction of sp³-hybridized carbons (Fsp3) is 0.235. The molecule has 1 aromatic heterocycles. The second-order valence-electron chi connectivity index (χ2n) is 6.01. The van der Waals surface area contributed by atoms with Gasteiger partial charge in [0.1, 0.15) is 11.0 Å². The molecule has 1 heterocycles. The molecule has 1 aromatic carbocycles. The normalized spacial score (nSPS) is 13.3. The van der Waals surface area contributed by atoms with E-state index in [-0.39, 0.29) is 25.5 Å². The molecule has 13 heteroatoms. The molecule has 0 aliphatic rings. The van der Waals surface area contributed by atoms with Crippen LogP contribution in [0.5, 0.6) is 0 Å². The molecule has 0 bridgehead atoms. The molecule has 0 saturated heterocycles. The van der Waals surface area contributed by atoms with Gasteiger partial charge in [-0.2, -0.15) is 4.72 Å². The predicted molar refractivity (Wildman–Crippen MR) is 113 cm³/mol. The van der Waals surface area contributed by atoms with Crippen LogP contribution in [0.25, 0.3) is 0 Å². The topological polar surface area (TPSA) is 145 Å². The lowest BCUT2D eigenvalue weighted by molar-refractivity contribution is -0.154. The van der Waals surface area contributed by atoms with Crippen molar-refractivity contribution < 1.29 is 27.5 Å². The van der Waals surface area contributed by atoms with Gasteiger partial charge in [-0.15, -0.1) is 11.3 Å². The van der Waals surface area contributed by atoms with Gasteiger partial charge in [0.2, 0.25) is 10.0 Å². The number of halogens is 2. The first-order valence-electron chi connectivity index (χ1n) is 8.28. The Kier molecular flexibility index (Phi) is 7.83. The van der Waals surface area contributed by atoms with Crippen LogP contribution >= 0.6 is 34.5 Å². The molecule has 2 rings (SSSR count). The molecule has 2 amide bonds. The Balaban J connectivity index is 2.00. The third-order valence-corrected chi connectivity index (χ3v) is 6.82. The minimum Gasteiger partial charge on any atom is -0.451 e. The number of benzene rings is 1. The van der Waals surface area contributed by atoms with Crippen molar-refractivity contribution in [2.45, 2.75) is 30.9 Å². The van der Waals surface area contributed by atoms with Gasteiger partial charge in [-0.25, -0.2) is 8.42 Å². The number of sulfonamides is 1. The number of rotatable bonds is 8. The SMILES string of the molecule is CC(OC(=O)[C@H](C)NS(=O)(=O)c1ccc(Cl)c(Cl)c1)C(=O)Nc1sccc1C(N)=O. The molecule has 4 N–H and O–H groups in total. The van der Waals surface area contributed by atoms with E-state index in [4.69, 9.17) is 33.7 Å². The van der Waals surface area contributed by atoms with Crippen molar-refractivity contribution >= 4 is 67.3 Å². The molecule has 30 heavy (non-hydrogen) atoms. The zero-order valence-electron chi connectivity index (χ0n) is 15.6. The largest absolute Gasteiger partial charge is 0.451 e. The minimum atomic E-state index is -4.10. The molecule has 0 fully saturated rings. The molecule has 0 spiro atoms. The standard InChI is InChI=1S/C17H17Cl2N3O6S2/c1-8(22-30(26,27)10-3-4-12(18)13(19)7-10)17(25)28-9(2)15(24)21-16-11(14(20)23)5-6-29-16/h3-9,22H,1-2H3,(H2,20,23)(H,21,24)/t8-,9?/m0/s1. The number of primary amides is 1. The van der Waals surface area contributed by atoms with Crippen LogP contribution < -0.4 is 15.8 Å². The highest BCUT2D eigenvalue weighted by atomic mass is 35.5. The number of anilines is 1. The van der Waals surface area contributed by atoms with Gasteiger partial charge in [-0.1, -0.05) is 23.2 Å². The number of hydrogen-bond acceptors (Lipinski definition) is 7. The third-order valence-electron chi connectivity index (χ3n) is 3.72. The summed E-state index contributed by atoms with van der Waals surface area (Å²) in [7, 11) is -4.10. The average molecular weight is 494 g/mol. The lowest BCUT2D eigenvalue weighted by atomic mass is 10.3. The van der Waals surface area contributed by atoms with E-state index < -0.39 is 40.0 Å². The van der Waals surface area contributed by atoms with Crippen molar-refractivity contribution in [2.75, 3.05) is 5.32 Å². The number of carbonyl (C=O) groups is 3. The summed E-state index contributed by atoms with van der Waals surface area (Å²) in [6.45, 7) is 2.55. The molecule has 0 aliphatic heterocycles. The van der Waals surface area contributed by atoms with E-state index in [1.54, 1.807) is 5.38 Å². The molecule has 2 atom stereocenters. The summed E-state index contributed by atoms with van der Waals surface area (Å²) < 4.78 is 32.0. The summed E-state index contributed by atoms with van der Waals surface area (Å²) in [6, 6.07) is 3.81. The van der Waals surface area contributed by atoms with Crippen LogP contribution in [0.4, 0.5) is 5.00 Å². The van der Waals surface area contributed by atoms with Gasteiger partial charge < -0.3 is 15.8 Å². The second kappa shape index (κ2) is 9.75. The molecule has 2 aromatic rings. The second-order valence-corrected chi connectivity index (χ2v) is 9.46. The molecular formula is C17H17Cl2N3O6S2. The van der Waals surface area contributed by atoms with Gasteiger partial charge in [0, 0.05) is 0 Å². The highest BCUT2D eigenvalue weighted by Gasteiger charge is 2.27. The summed E-state index contributed by atoms with van der Waals surface area (Å²) in [5, 5.41) is 4.42. The Morgan fingerprint density at radius 1 is 1.13 bits per heavy atom. The number of thiophene rings is 1. The summed E-state index contributed by atoms with van der Waals surface area (Å²) in [4.78, 5) is 35.5. The lowest BCUT2D eigenvalue weighted by Crippen LogP contribution is -2.42. The maximum atomic E-state index is 12.4. The number of amides is 2. The first-order chi connectivity index (χ1) is 13.9. The number of esters is 1. The zero-order chi connectivity index (χ0) is 22.6. The van der Waals surface area contributed by atoms with Crippen molar-refractivity contribution in [1.82, 2.24) is 4.72 Å². The van der Waals surface area contributed by atoms with E-state index in [0.717, 1.165) is 17.4 Å². The number of nitrogens with one attached hydrogen (secondary N) is 2. The fourth-order valence-corrected chi connectivity index (χ4v) is 4.51. The van der Waals surface area contributed by atoms with Gasteiger partial charge in [0.25, 0.3) is 11.8 Å². The molecule has 0 radical (unpaired) electrons. The summed E-state index contributed by atoms with van der Waals surface area (Å²) in [5.74, 6) is -2.42. The van der Waals surface area contributed by atoms with Crippen LogP contribution in [0.2, 0.25) is 10.0 Å². The highest BCUT2D eigenvalue weighted by Crippen LogP contribution is 2.25. The number of ether oxygens (including phenoxy) is 1. The number of carbonyl (C=O) groups excluding carboxylic acids is 3. The third kappa shape index (κ3) is 5.92. The van der Waals surface area contributed by atoms with Gasteiger partial charge in [0.15, 0.2) is 6.10 Å². The van der Waals surface area contributed by atoms with E-state index in [0.29, 0.717) is 0 Å². The number of nitrogens with two attached hydrogens (primary N) is 1. The van der Waals surface area contributed by atoms with Crippen molar-refractivity contribution in [1.29, 1.82) is 0 Å². The van der Waals surface area contributed by atoms with Crippen LogP contribution in [0.1, 0.15) is 24.2 Å². The smallest absolute Gasteiger partial charge is 0.324 e. The molecular weight excluding hydrogens is 477 g/mol. The van der Waals surface area contributed by atoms with Crippen molar-refractivity contribution in [3.63, 3.8) is 0 Å². The monoisotopic (exact) mass is 493 g/mol. The Hall–Kier alpha value is -2.18. The van der Waals surface area contributed by atoms with Gasteiger partial charge in [0.05, 0.1) is 20.5 Å². The molecule has 0 saturated carbocycles. The first-order valence-corrected chi connectivity index (χ1v) is 11.4. The van der Waals surface area contributed by atoms with E-state index in [2.05, 4.69) is 10.0 Å². The van der Waals surface area contributed by atoms with E-state index in [1.807, 2.05) is 0 Å². The minimum absolute atomic E-state index is 0.0315. The van der Waals surface area contributed by atoms with Crippen LogP contribution in [-0.4, -0.2) is 38.3 Å². The van der Waals surface area contributed by atoms with Crippen LogP contribution in [0, 0.1) is 0 Å². The molecule has 9 nitrogen and oxygen atoms in total. The van der Waals surface area contributed by atoms with Crippen LogP contribution in [0.15, 0.2) is 34.5 Å². The van der Waals surface area contributed by atoms with Gasteiger partial charge >= 0.3 is 5.97 Å². The Bertz CT molecular complexity index is 1090. The fourth-order valence-electron chi connectivity index (χ4n) is 2.14. The molecule has 1 unspecified atom stereocenters. The quantitative estimate of drug-likeness (QED) is 0.481. The lowest BCUT2D eigenvalue weighted by Gasteiger charge is -2.17. The Labute approximate surface area is 186 Å². The van der Waals surface area contributed by atoms with Crippen molar-refractivity contribution in [3.8, 4) is 0 Å². The Morgan fingerprint density at radius 2 is 1.80 bits per heavy atom. The van der Waals surface area contributed by atoms with Crippen LogP contribution in [0.3, 0.4) is 0 Å². The zero-order valence-corrected chi connectivity index (χ0v) is 18.8. The summed E-state index contributed by atoms with van der Waals surface area (Å²) in [6.07, 6.45) is -1.27. The number of hydrogen-bond donors (Lipinski definition) is 3. The molecule has 0 aliphatic carbocycles. The summed E-state index contributed by atoms with van der Waals surface area (Å²) >= 11 is 12.7. The highest BCUT2D eigenvalue weighted by molar-refractivity contribution is 7.89. The van der Waals surface area contributed by atoms with E-state index >= 15 is 0 Å². The predicted octanol–water partition coefficient (Wildman–Crippen LogP) is 2.39. The van der Waals surface area contributed by atoms with E-state index in [9.17, 15) is 22.8 Å². The maximum absolute atomic E-state index is 12.4. The maximum Gasteiger partial charge on any atom is 0.324 e. The van der Waals surface area contributed by atoms with Gasteiger partial charge in [-0.3, -0.25) is 14.4 Å². The first kappa shape index (κ1) is 24.1. The summed E-state index contributed by atoms with van der Waals surface area (Å²) in [5.41, 5.74) is 5.33. The van der Waals surface area contributed by atoms with Crippen molar-refractivity contribution in [3.05, 3.63) is 45.3 Å². The van der Waals surface area contributed by atoms with Crippen LogP contribution in [-0.2, 0) is 24.3 Å². The van der Waals surface area contributed by atoms with Crippen molar-refractivity contribution in [2.24, 2.45) is 5.73 Å². The van der Waals surface area contributed by atoms with Gasteiger partial charge in [-0.05, 0) is 43.5 Å².